The van der Waals surface area contributed by atoms with Crippen LogP contribution in [0.3, 0.4) is 0 Å². The molecule has 1 saturated heterocycles. The van der Waals surface area contributed by atoms with Crippen LogP contribution in [0.2, 0.25) is 0 Å². The Morgan fingerprint density at radius 1 is 1.23 bits per heavy atom. The normalized spacial score (nSPS) is 19.3. The minimum absolute atomic E-state index is 0.208. The number of carbonyl (C=O) groups is 2. The van der Waals surface area contributed by atoms with E-state index >= 15 is 0 Å². The molecule has 1 aromatic carbocycles. The van der Waals surface area contributed by atoms with Crippen molar-refractivity contribution in [1.29, 1.82) is 0 Å². The van der Waals surface area contributed by atoms with Crippen molar-refractivity contribution >= 4 is 12.0 Å². The molecule has 2 amide bonds. The van der Waals surface area contributed by atoms with Crippen molar-refractivity contribution in [2.75, 3.05) is 6.61 Å². The van der Waals surface area contributed by atoms with Gasteiger partial charge in [0.2, 0.25) is 5.91 Å². The fraction of sp³-hybridized carbons (Fsp3) is 0.619. The average Bonchev–Trinajstić information content (AvgIpc) is 3.01. The van der Waals surface area contributed by atoms with Crippen LogP contribution in [0.25, 0.3) is 0 Å². The van der Waals surface area contributed by atoms with Gasteiger partial charge in [-0.05, 0) is 18.4 Å². The Labute approximate surface area is 156 Å². The second-order valence-electron chi connectivity index (χ2n) is 7.19. The smallest absolute Gasteiger partial charge is 0.416 e. The van der Waals surface area contributed by atoms with Crippen LogP contribution < -0.4 is 0 Å². The van der Waals surface area contributed by atoms with E-state index in [0.717, 1.165) is 24.8 Å². The van der Waals surface area contributed by atoms with Crippen LogP contribution in [0.5, 0.6) is 0 Å². The third-order valence-corrected chi connectivity index (χ3v) is 5.08. The SMILES string of the molecule is CCCCCCCC(O)C(C)C(=O)N1C(=O)OC[C@H]1Cc1ccccc1. The van der Waals surface area contributed by atoms with Gasteiger partial charge in [0.25, 0.3) is 0 Å². The first kappa shape index (κ1) is 20.4. The van der Waals surface area contributed by atoms with E-state index in [0.29, 0.717) is 12.8 Å². The van der Waals surface area contributed by atoms with E-state index in [1.807, 2.05) is 30.3 Å². The highest BCUT2D eigenvalue weighted by Crippen LogP contribution is 2.22. The van der Waals surface area contributed by atoms with Gasteiger partial charge in [-0.3, -0.25) is 4.79 Å². The standard InChI is InChI=1S/C21H31NO4/c1-3-4-5-6-10-13-19(23)16(2)20(24)22-18(15-26-21(22)25)14-17-11-8-7-9-12-17/h7-9,11-12,16,18-19,23H,3-6,10,13-15H2,1-2H3/t16?,18-,19?/m1/s1. The molecule has 0 spiro atoms. The van der Waals surface area contributed by atoms with Gasteiger partial charge in [0, 0.05) is 0 Å². The highest BCUT2D eigenvalue weighted by Gasteiger charge is 2.41. The zero-order valence-electron chi connectivity index (χ0n) is 15.9. The zero-order valence-corrected chi connectivity index (χ0v) is 15.9. The van der Waals surface area contributed by atoms with Crippen molar-refractivity contribution in [3.8, 4) is 0 Å². The zero-order chi connectivity index (χ0) is 18.9. The van der Waals surface area contributed by atoms with E-state index in [9.17, 15) is 14.7 Å². The van der Waals surface area contributed by atoms with E-state index in [-0.39, 0.29) is 18.6 Å². The van der Waals surface area contributed by atoms with E-state index in [4.69, 9.17) is 4.74 Å². The van der Waals surface area contributed by atoms with Crippen LogP contribution >= 0.6 is 0 Å². The first-order valence-corrected chi connectivity index (χ1v) is 9.76. The van der Waals surface area contributed by atoms with E-state index in [1.165, 1.54) is 17.7 Å². The van der Waals surface area contributed by atoms with Crippen molar-refractivity contribution in [3.05, 3.63) is 35.9 Å². The number of aliphatic hydroxyl groups is 1. The molecule has 2 rings (SSSR count). The summed E-state index contributed by atoms with van der Waals surface area (Å²) in [5, 5.41) is 10.4. The first-order valence-electron chi connectivity index (χ1n) is 9.76. The molecule has 0 radical (unpaired) electrons. The van der Waals surface area contributed by atoms with Crippen LogP contribution in [-0.4, -0.2) is 40.8 Å². The number of nitrogens with zero attached hydrogens (tertiary/aromatic N) is 1. The van der Waals surface area contributed by atoms with Crippen LogP contribution in [0.15, 0.2) is 30.3 Å². The molecule has 0 saturated carbocycles. The Morgan fingerprint density at radius 2 is 1.92 bits per heavy atom. The summed E-state index contributed by atoms with van der Waals surface area (Å²) in [6.45, 7) is 4.07. The second kappa shape index (κ2) is 10.3. The summed E-state index contributed by atoms with van der Waals surface area (Å²) in [7, 11) is 0. The Bertz CT molecular complexity index is 575. The van der Waals surface area contributed by atoms with E-state index < -0.39 is 18.1 Å². The molecule has 1 fully saturated rings. The minimum Gasteiger partial charge on any atom is -0.447 e. The van der Waals surface area contributed by atoms with Gasteiger partial charge in [-0.25, -0.2) is 9.69 Å². The number of carbonyl (C=O) groups excluding carboxylic acids is 2. The van der Waals surface area contributed by atoms with Crippen molar-refractivity contribution < 1.29 is 19.4 Å². The quantitative estimate of drug-likeness (QED) is 0.641. The summed E-state index contributed by atoms with van der Waals surface area (Å²) in [5.74, 6) is -0.945. The highest BCUT2D eigenvalue weighted by molar-refractivity contribution is 5.94. The number of benzene rings is 1. The van der Waals surface area contributed by atoms with Gasteiger partial charge in [-0.2, -0.15) is 0 Å². The number of hydrogen-bond acceptors (Lipinski definition) is 4. The van der Waals surface area contributed by atoms with Gasteiger partial charge in [0.15, 0.2) is 0 Å². The first-order chi connectivity index (χ1) is 12.5. The number of imide groups is 1. The Balaban J connectivity index is 1.91. The lowest BCUT2D eigenvalue weighted by molar-refractivity contribution is -0.136. The fourth-order valence-electron chi connectivity index (χ4n) is 3.36. The summed E-state index contributed by atoms with van der Waals surface area (Å²) in [6, 6.07) is 9.44. The molecule has 0 aromatic heterocycles. The Hall–Kier alpha value is -1.88. The van der Waals surface area contributed by atoms with Gasteiger partial charge < -0.3 is 9.84 Å². The molecule has 144 valence electrons. The van der Waals surface area contributed by atoms with Gasteiger partial charge in [0.05, 0.1) is 18.1 Å². The lowest BCUT2D eigenvalue weighted by atomic mass is 9.96. The second-order valence-corrected chi connectivity index (χ2v) is 7.19. The molecule has 0 bridgehead atoms. The van der Waals surface area contributed by atoms with Gasteiger partial charge >= 0.3 is 6.09 Å². The summed E-state index contributed by atoms with van der Waals surface area (Å²) in [5.41, 5.74) is 1.05. The topological polar surface area (TPSA) is 66.8 Å². The van der Waals surface area contributed by atoms with Crippen LogP contribution in [0.1, 0.15) is 57.9 Å². The van der Waals surface area contributed by atoms with Crippen molar-refractivity contribution in [3.63, 3.8) is 0 Å². The molecular formula is C21H31NO4. The van der Waals surface area contributed by atoms with Crippen molar-refractivity contribution in [2.45, 2.75) is 70.9 Å². The third kappa shape index (κ3) is 5.56. The van der Waals surface area contributed by atoms with Gasteiger partial charge in [-0.1, -0.05) is 76.3 Å². The maximum atomic E-state index is 12.8. The lowest BCUT2D eigenvalue weighted by Gasteiger charge is -2.25. The number of amides is 2. The number of hydrogen-bond donors (Lipinski definition) is 1. The van der Waals surface area contributed by atoms with Crippen molar-refractivity contribution in [2.24, 2.45) is 5.92 Å². The number of unbranched alkanes of at least 4 members (excludes halogenated alkanes) is 4. The molecule has 26 heavy (non-hydrogen) atoms. The summed E-state index contributed by atoms with van der Waals surface area (Å²) < 4.78 is 5.11. The lowest BCUT2D eigenvalue weighted by Crippen LogP contribution is -2.45. The molecule has 5 nitrogen and oxygen atoms in total. The number of aliphatic hydroxyl groups excluding tert-OH is 1. The van der Waals surface area contributed by atoms with Crippen LogP contribution in [-0.2, 0) is 16.0 Å². The summed E-state index contributed by atoms with van der Waals surface area (Å²) >= 11 is 0. The molecule has 1 aliphatic heterocycles. The minimum atomic E-state index is -0.727. The monoisotopic (exact) mass is 361 g/mol. The molecular weight excluding hydrogens is 330 g/mol. The van der Waals surface area contributed by atoms with E-state index in [2.05, 4.69) is 6.92 Å². The maximum Gasteiger partial charge on any atom is 0.416 e. The van der Waals surface area contributed by atoms with Crippen molar-refractivity contribution in [1.82, 2.24) is 4.90 Å². The molecule has 1 aromatic rings. The molecule has 1 heterocycles. The molecule has 5 heteroatoms. The van der Waals surface area contributed by atoms with Gasteiger partial charge in [-0.15, -0.1) is 0 Å². The van der Waals surface area contributed by atoms with Crippen LogP contribution in [0, 0.1) is 5.92 Å². The number of ether oxygens (including phenoxy) is 1. The summed E-state index contributed by atoms with van der Waals surface area (Å²) in [6.07, 6.45) is 5.32. The molecule has 1 N–H and O–H groups in total. The molecule has 3 atom stereocenters. The fourth-order valence-corrected chi connectivity index (χ4v) is 3.36. The third-order valence-electron chi connectivity index (χ3n) is 5.08. The van der Waals surface area contributed by atoms with Gasteiger partial charge in [0.1, 0.15) is 6.61 Å². The number of cyclic esters (lactones) is 1. The maximum absolute atomic E-state index is 12.8. The average molecular weight is 361 g/mol. The molecule has 2 unspecified atom stereocenters. The predicted octanol–water partition coefficient (Wildman–Crippen LogP) is 3.93. The highest BCUT2D eigenvalue weighted by atomic mass is 16.6. The Kier molecular flexibility index (Phi) is 8.10. The Morgan fingerprint density at radius 3 is 2.62 bits per heavy atom. The molecule has 1 aliphatic rings. The summed E-state index contributed by atoms with van der Waals surface area (Å²) in [4.78, 5) is 26.1. The van der Waals surface area contributed by atoms with Crippen LogP contribution in [0.4, 0.5) is 4.79 Å². The predicted molar refractivity (Wildman–Crippen MR) is 101 cm³/mol. The van der Waals surface area contributed by atoms with E-state index in [1.54, 1.807) is 6.92 Å². The largest absolute Gasteiger partial charge is 0.447 e. The molecule has 0 aliphatic carbocycles. The number of rotatable bonds is 10.